The van der Waals surface area contributed by atoms with Gasteiger partial charge in [-0.05, 0) is 131 Å². The Kier molecular flexibility index (Phi) is 9.24. The van der Waals surface area contributed by atoms with Crippen LogP contribution in [0.2, 0.25) is 0 Å². The molecule has 11 rings (SSSR count). The maximum Gasteiger partial charge on any atom is 0.0465 e. The van der Waals surface area contributed by atoms with Crippen molar-refractivity contribution in [1.82, 2.24) is 0 Å². The Morgan fingerprint density at radius 2 is 0.790 bits per heavy atom. The van der Waals surface area contributed by atoms with E-state index < -0.39 is 0 Å². The quantitative estimate of drug-likeness (QED) is 0.148. The van der Waals surface area contributed by atoms with E-state index in [1.54, 1.807) is 0 Å². The lowest BCUT2D eigenvalue weighted by Gasteiger charge is -2.28. The van der Waals surface area contributed by atoms with Crippen molar-refractivity contribution < 1.29 is 0 Å². The van der Waals surface area contributed by atoms with Crippen LogP contribution in [0.1, 0.15) is 25.0 Å². The van der Waals surface area contributed by atoms with Gasteiger partial charge in [0.05, 0.1) is 0 Å². The third kappa shape index (κ3) is 6.51. The number of hydrogen-bond acceptors (Lipinski definition) is 1. The molecule has 1 heteroatoms. The first-order valence-electron chi connectivity index (χ1n) is 21.6. The van der Waals surface area contributed by atoms with Crippen LogP contribution in [0.4, 0.5) is 17.1 Å². The maximum absolute atomic E-state index is 2.44. The predicted octanol–water partition coefficient (Wildman–Crippen LogP) is 17.0. The molecule has 0 radical (unpaired) electrons. The summed E-state index contributed by atoms with van der Waals surface area (Å²) in [6.45, 7) is 4.76. The average molecular weight is 792 g/mol. The largest absolute Gasteiger partial charge is 0.310 e. The summed E-state index contributed by atoms with van der Waals surface area (Å²) >= 11 is 0. The fourth-order valence-corrected chi connectivity index (χ4v) is 9.75. The molecule has 294 valence electrons. The molecule has 0 fully saturated rings. The molecule has 10 aromatic carbocycles. The van der Waals surface area contributed by atoms with Crippen molar-refractivity contribution in [1.29, 1.82) is 0 Å². The van der Waals surface area contributed by atoms with E-state index in [0.717, 1.165) is 17.1 Å². The van der Waals surface area contributed by atoms with Crippen molar-refractivity contribution in [2.75, 3.05) is 4.90 Å². The highest BCUT2D eigenvalue weighted by molar-refractivity contribution is 6.04. The smallest absolute Gasteiger partial charge is 0.0465 e. The minimum absolute atomic E-state index is 0.204. The molecule has 1 aliphatic rings. The van der Waals surface area contributed by atoms with E-state index in [1.165, 1.54) is 88.7 Å². The molecule has 1 aliphatic carbocycles. The predicted molar refractivity (Wildman–Crippen MR) is 263 cm³/mol. The molecular formula is C61H45N. The number of anilines is 3. The number of nitrogens with zero attached hydrogens (tertiary/aromatic N) is 1. The fourth-order valence-electron chi connectivity index (χ4n) is 9.75. The van der Waals surface area contributed by atoms with Gasteiger partial charge in [0, 0.05) is 22.5 Å². The fraction of sp³-hybridized carbons (Fsp3) is 0.0492. The third-order valence-corrected chi connectivity index (χ3v) is 12.9. The summed E-state index contributed by atoms with van der Waals surface area (Å²) in [5.41, 5.74) is 20.7. The Bertz CT molecular complexity index is 3220. The number of hydrogen-bond donors (Lipinski definition) is 0. The number of rotatable bonds is 8. The maximum atomic E-state index is 2.44. The Hall–Kier alpha value is -7.74. The summed E-state index contributed by atoms with van der Waals surface area (Å²) < 4.78 is 0. The van der Waals surface area contributed by atoms with Gasteiger partial charge >= 0.3 is 0 Å². The first-order valence-corrected chi connectivity index (χ1v) is 21.6. The molecule has 62 heavy (non-hydrogen) atoms. The third-order valence-electron chi connectivity index (χ3n) is 12.9. The molecule has 0 bridgehead atoms. The van der Waals surface area contributed by atoms with Crippen LogP contribution in [0, 0.1) is 0 Å². The zero-order valence-electron chi connectivity index (χ0n) is 35.0. The Morgan fingerprint density at radius 1 is 0.290 bits per heavy atom. The molecule has 10 aromatic rings. The summed E-state index contributed by atoms with van der Waals surface area (Å²) in [5.74, 6) is 0. The van der Waals surface area contributed by atoms with Crippen molar-refractivity contribution in [3.05, 3.63) is 248 Å². The molecule has 0 atom stereocenters. The van der Waals surface area contributed by atoms with Crippen LogP contribution >= 0.6 is 0 Å². The molecule has 0 unspecified atom stereocenters. The van der Waals surface area contributed by atoms with E-state index in [-0.39, 0.29) is 5.41 Å². The zero-order chi connectivity index (χ0) is 41.6. The molecule has 0 N–H and O–H groups in total. The average Bonchev–Trinajstić information content (AvgIpc) is 3.57. The van der Waals surface area contributed by atoms with E-state index in [9.17, 15) is 0 Å². The van der Waals surface area contributed by atoms with Crippen LogP contribution in [-0.4, -0.2) is 0 Å². The molecule has 0 aliphatic heterocycles. The van der Waals surface area contributed by atoms with Gasteiger partial charge in [-0.15, -0.1) is 0 Å². The second-order valence-corrected chi connectivity index (χ2v) is 16.9. The van der Waals surface area contributed by atoms with E-state index >= 15 is 0 Å². The van der Waals surface area contributed by atoms with Gasteiger partial charge in [0.25, 0.3) is 0 Å². The summed E-state index contributed by atoms with van der Waals surface area (Å²) in [5, 5.41) is 2.50. The Morgan fingerprint density at radius 3 is 1.48 bits per heavy atom. The summed E-state index contributed by atoms with van der Waals surface area (Å²) in [4.78, 5) is 2.42. The van der Waals surface area contributed by atoms with Crippen LogP contribution in [0.15, 0.2) is 237 Å². The van der Waals surface area contributed by atoms with E-state index in [0.29, 0.717) is 0 Å². The van der Waals surface area contributed by atoms with Gasteiger partial charge in [0.15, 0.2) is 0 Å². The van der Waals surface area contributed by atoms with Crippen molar-refractivity contribution >= 4 is 27.8 Å². The van der Waals surface area contributed by atoms with Gasteiger partial charge in [-0.25, -0.2) is 0 Å². The minimum Gasteiger partial charge on any atom is -0.310 e. The highest BCUT2D eigenvalue weighted by atomic mass is 15.1. The van der Waals surface area contributed by atoms with Gasteiger partial charge < -0.3 is 4.90 Å². The first kappa shape index (κ1) is 37.3. The number of benzene rings is 10. The highest BCUT2D eigenvalue weighted by Gasteiger charge is 2.37. The van der Waals surface area contributed by atoms with Crippen LogP contribution in [0.3, 0.4) is 0 Å². The monoisotopic (exact) mass is 791 g/mol. The van der Waals surface area contributed by atoms with Gasteiger partial charge in [0.1, 0.15) is 0 Å². The SMILES string of the molecule is CC1(C)c2cc(N(c3ccc(-c4ccccc4)cc3)c3ccc(-c4ccc5ccccc5c4-c4ccccc4)cc3)ccc2-c2c(-c3cccc(-c4ccccc4)c3)cccc21. The molecule has 0 saturated heterocycles. The van der Waals surface area contributed by atoms with Crippen LogP contribution in [-0.2, 0) is 5.41 Å². The summed E-state index contributed by atoms with van der Waals surface area (Å²) in [7, 11) is 0. The molecule has 1 nitrogen and oxygen atoms in total. The van der Waals surface area contributed by atoms with Crippen LogP contribution in [0.5, 0.6) is 0 Å². The first-order chi connectivity index (χ1) is 30.5. The van der Waals surface area contributed by atoms with Gasteiger partial charge in [0.2, 0.25) is 0 Å². The molecule has 0 spiro atoms. The minimum atomic E-state index is -0.204. The van der Waals surface area contributed by atoms with E-state index in [4.69, 9.17) is 0 Å². The molecule has 0 aromatic heterocycles. The normalized spacial score (nSPS) is 12.5. The topological polar surface area (TPSA) is 3.24 Å². The van der Waals surface area contributed by atoms with Gasteiger partial charge in [-0.2, -0.15) is 0 Å². The molecule has 0 amide bonds. The van der Waals surface area contributed by atoms with Crippen molar-refractivity contribution in [3.63, 3.8) is 0 Å². The standard InChI is InChI=1S/C61H45N/c1-61(2)57-27-15-26-54(49-24-14-23-48(40-49)43-18-8-4-9-19-43)60(57)56-39-37-52(41-58(56)61)62(50-33-28-44(29-34-50)42-16-6-3-7-17-42)51-35-30-46(31-36-51)55-38-32-45-20-12-13-25-53(45)59(55)47-21-10-5-11-22-47/h3-41H,1-2H3. The van der Waals surface area contributed by atoms with Crippen molar-refractivity contribution in [3.8, 4) is 66.8 Å². The number of fused-ring (bicyclic) bond motifs is 4. The van der Waals surface area contributed by atoms with Crippen molar-refractivity contribution in [2.24, 2.45) is 0 Å². The lowest BCUT2D eigenvalue weighted by molar-refractivity contribution is 0.660. The van der Waals surface area contributed by atoms with Gasteiger partial charge in [-0.3, -0.25) is 0 Å². The molecule has 0 heterocycles. The van der Waals surface area contributed by atoms with Crippen molar-refractivity contribution in [2.45, 2.75) is 19.3 Å². The second kappa shape index (κ2) is 15.4. The van der Waals surface area contributed by atoms with Gasteiger partial charge in [-0.1, -0.05) is 208 Å². The summed E-state index contributed by atoms with van der Waals surface area (Å²) in [6, 6.07) is 86.5. The van der Waals surface area contributed by atoms with E-state index in [2.05, 4.69) is 255 Å². The molecular weight excluding hydrogens is 747 g/mol. The Balaban J connectivity index is 1.03. The highest BCUT2D eigenvalue weighted by Crippen LogP contribution is 2.54. The summed E-state index contributed by atoms with van der Waals surface area (Å²) in [6.07, 6.45) is 0. The molecule has 0 saturated carbocycles. The zero-order valence-corrected chi connectivity index (χ0v) is 35.0. The second-order valence-electron chi connectivity index (χ2n) is 16.9. The van der Waals surface area contributed by atoms with E-state index in [1.807, 2.05) is 0 Å². The van der Waals surface area contributed by atoms with Crippen LogP contribution < -0.4 is 4.90 Å². The lowest BCUT2D eigenvalue weighted by atomic mass is 9.81. The Labute approximate surface area is 364 Å². The van der Waals surface area contributed by atoms with Crippen LogP contribution in [0.25, 0.3) is 77.5 Å². The lowest BCUT2D eigenvalue weighted by Crippen LogP contribution is -2.16.